The fourth-order valence-corrected chi connectivity index (χ4v) is 1.35. The Morgan fingerprint density at radius 2 is 1.62 bits per heavy atom. The van der Waals surface area contributed by atoms with Gasteiger partial charge in [0, 0.05) is 21.2 Å². The summed E-state index contributed by atoms with van der Waals surface area (Å²) >= 11 is 0. The Labute approximate surface area is 134 Å². The summed E-state index contributed by atoms with van der Waals surface area (Å²) in [6, 6.07) is 0. The molecule has 0 aliphatic rings. The van der Waals surface area contributed by atoms with Crippen molar-refractivity contribution in [3.8, 4) is 0 Å². The Bertz CT molecular complexity index is 216. The van der Waals surface area contributed by atoms with Crippen LogP contribution in [0.4, 0.5) is 0 Å². The molecule has 0 fully saturated rings. The molecule has 0 aromatic rings. The molecule has 0 saturated carbocycles. The van der Waals surface area contributed by atoms with E-state index in [4.69, 9.17) is 9.47 Å². The van der Waals surface area contributed by atoms with Gasteiger partial charge < -0.3 is 14.8 Å². The standard InChI is InChI=1S/C13H27NO3.2C2H6.H2/c1-5-9-17-10-8-14-12(15)13(4,6-2)11-16-7-3;2*1-2;/h5-11H2,1-4H3,(H,14,15);2*1-2H3;1H. The first-order valence-electron chi connectivity index (χ1n) is 8.54. The Balaban J connectivity index is -0.000000297. The van der Waals surface area contributed by atoms with E-state index in [-0.39, 0.29) is 7.33 Å². The number of carbonyl (C=O) groups excluding carboxylic acids is 1. The molecule has 0 aromatic heterocycles. The minimum atomic E-state index is -0.430. The average molecular weight is 308 g/mol. The lowest BCUT2D eigenvalue weighted by atomic mass is 9.87. The molecule has 0 bridgehead atoms. The van der Waals surface area contributed by atoms with Gasteiger partial charge in [-0.25, -0.2) is 0 Å². The smallest absolute Gasteiger partial charge is 0.228 e. The van der Waals surface area contributed by atoms with Gasteiger partial charge in [0.25, 0.3) is 0 Å². The van der Waals surface area contributed by atoms with Crippen LogP contribution in [-0.2, 0) is 14.3 Å². The lowest BCUT2D eigenvalue weighted by molar-refractivity contribution is -0.134. The largest absolute Gasteiger partial charge is 0.381 e. The average Bonchev–Trinajstić information content (AvgIpc) is 2.55. The summed E-state index contributed by atoms with van der Waals surface area (Å²) in [6.45, 7) is 19.0. The van der Waals surface area contributed by atoms with Crippen molar-refractivity contribution in [2.24, 2.45) is 5.41 Å². The quantitative estimate of drug-likeness (QED) is 0.613. The molecule has 0 radical (unpaired) electrons. The Hall–Kier alpha value is -0.610. The normalized spacial score (nSPS) is 12.2. The van der Waals surface area contributed by atoms with Crippen molar-refractivity contribution in [3.63, 3.8) is 0 Å². The van der Waals surface area contributed by atoms with Crippen LogP contribution >= 0.6 is 0 Å². The summed E-state index contributed by atoms with van der Waals surface area (Å²) in [6.07, 6.45) is 1.78. The van der Waals surface area contributed by atoms with E-state index in [1.807, 2.05) is 48.5 Å². The van der Waals surface area contributed by atoms with E-state index in [2.05, 4.69) is 12.2 Å². The van der Waals surface area contributed by atoms with E-state index in [0.717, 1.165) is 19.4 Å². The van der Waals surface area contributed by atoms with Crippen LogP contribution in [0.2, 0.25) is 0 Å². The zero-order valence-electron chi connectivity index (χ0n) is 15.7. The van der Waals surface area contributed by atoms with Crippen LogP contribution in [0.3, 0.4) is 0 Å². The molecule has 0 spiro atoms. The molecule has 21 heavy (non-hydrogen) atoms. The highest BCUT2D eigenvalue weighted by atomic mass is 16.5. The lowest BCUT2D eigenvalue weighted by Gasteiger charge is -2.26. The zero-order valence-corrected chi connectivity index (χ0v) is 15.7. The molecular weight excluding hydrogens is 266 g/mol. The second-order valence-electron chi connectivity index (χ2n) is 4.42. The fraction of sp³-hybridized carbons (Fsp3) is 0.941. The third-order valence-electron chi connectivity index (χ3n) is 2.83. The first-order chi connectivity index (χ1) is 10.1. The molecule has 0 aliphatic carbocycles. The number of rotatable bonds is 10. The maximum absolute atomic E-state index is 12.0. The Morgan fingerprint density at radius 3 is 2.05 bits per heavy atom. The van der Waals surface area contributed by atoms with Crippen LogP contribution in [-0.4, -0.2) is 38.9 Å². The van der Waals surface area contributed by atoms with E-state index in [1.54, 1.807) is 0 Å². The molecule has 1 unspecified atom stereocenters. The molecule has 0 aromatic carbocycles. The third-order valence-corrected chi connectivity index (χ3v) is 2.83. The molecule has 1 N–H and O–H groups in total. The highest BCUT2D eigenvalue weighted by molar-refractivity contribution is 5.82. The Morgan fingerprint density at radius 1 is 1.05 bits per heavy atom. The van der Waals surface area contributed by atoms with Crippen molar-refractivity contribution in [1.82, 2.24) is 5.32 Å². The first-order valence-corrected chi connectivity index (χ1v) is 8.54. The number of hydrogen-bond acceptors (Lipinski definition) is 3. The van der Waals surface area contributed by atoms with Crippen molar-refractivity contribution in [1.29, 1.82) is 0 Å². The monoisotopic (exact) mass is 307 g/mol. The van der Waals surface area contributed by atoms with Gasteiger partial charge in [0.05, 0.1) is 18.6 Å². The molecule has 4 nitrogen and oxygen atoms in total. The molecule has 0 saturated heterocycles. The summed E-state index contributed by atoms with van der Waals surface area (Å²) in [5.74, 6) is 0.0496. The maximum Gasteiger partial charge on any atom is 0.228 e. The number of hydrogen-bond donors (Lipinski definition) is 1. The zero-order chi connectivity index (χ0) is 17.1. The Kier molecular flexibility index (Phi) is 23.4. The molecule has 0 rings (SSSR count). The topological polar surface area (TPSA) is 47.6 Å². The van der Waals surface area contributed by atoms with Gasteiger partial charge in [0.2, 0.25) is 5.91 Å². The molecule has 1 amide bonds. The van der Waals surface area contributed by atoms with Crippen LogP contribution in [0.15, 0.2) is 0 Å². The molecule has 4 heteroatoms. The van der Waals surface area contributed by atoms with E-state index in [1.165, 1.54) is 0 Å². The SMILES string of the molecule is CC.CC.CCCOCCNC(=O)C(C)(CC)COCC.[HH]. The van der Waals surface area contributed by atoms with Gasteiger partial charge in [-0.1, -0.05) is 41.5 Å². The predicted molar refractivity (Wildman–Crippen MR) is 93.8 cm³/mol. The minimum Gasteiger partial charge on any atom is -0.381 e. The van der Waals surface area contributed by atoms with Gasteiger partial charge in [-0.15, -0.1) is 0 Å². The second-order valence-corrected chi connectivity index (χ2v) is 4.42. The van der Waals surface area contributed by atoms with E-state index >= 15 is 0 Å². The van der Waals surface area contributed by atoms with Gasteiger partial charge in [-0.3, -0.25) is 4.79 Å². The van der Waals surface area contributed by atoms with Gasteiger partial charge in [0.15, 0.2) is 0 Å². The maximum atomic E-state index is 12.0. The molecule has 132 valence electrons. The summed E-state index contributed by atoms with van der Waals surface area (Å²) in [4.78, 5) is 12.0. The van der Waals surface area contributed by atoms with Crippen molar-refractivity contribution in [2.45, 2.75) is 68.2 Å². The van der Waals surface area contributed by atoms with Crippen molar-refractivity contribution in [3.05, 3.63) is 0 Å². The predicted octanol–water partition coefficient (Wildman–Crippen LogP) is 4.28. The van der Waals surface area contributed by atoms with E-state index in [0.29, 0.717) is 26.4 Å². The highest BCUT2D eigenvalue weighted by Crippen LogP contribution is 2.21. The minimum absolute atomic E-state index is 0. The van der Waals surface area contributed by atoms with Gasteiger partial charge in [-0.2, -0.15) is 0 Å². The molecule has 1 atom stereocenters. The summed E-state index contributed by atoms with van der Waals surface area (Å²) in [7, 11) is 0. The highest BCUT2D eigenvalue weighted by Gasteiger charge is 2.31. The van der Waals surface area contributed by atoms with E-state index < -0.39 is 5.41 Å². The summed E-state index contributed by atoms with van der Waals surface area (Å²) in [5, 5.41) is 2.90. The number of ether oxygens (including phenoxy) is 2. The van der Waals surface area contributed by atoms with Crippen LogP contribution in [0, 0.1) is 5.41 Å². The van der Waals surface area contributed by atoms with Crippen LogP contribution in [0.5, 0.6) is 0 Å². The molecular formula is C17H41NO3. The van der Waals surface area contributed by atoms with Crippen LogP contribution < -0.4 is 5.32 Å². The number of amides is 1. The molecule has 0 aliphatic heterocycles. The summed E-state index contributed by atoms with van der Waals surface area (Å²) < 4.78 is 10.7. The number of carbonyl (C=O) groups is 1. The fourth-order valence-electron chi connectivity index (χ4n) is 1.35. The summed E-state index contributed by atoms with van der Waals surface area (Å²) in [5.41, 5.74) is -0.430. The lowest BCUT2D eigenvalue weighted by Crippen LogP contribution is -2.43. The van der Waals surface area contributed by atoms with Crippen LogP contribution in [0.1, 0.15) is 69.7 Å². The second kappa shape index (κ2) is 19.4. The molecule has 0 heterocycles. The van der Waals surface area contributed by atoms with Crippen molar-refractivity contribution >= 4 is 5.91 Å². The van der Waals surface area contributed by atoms with Crippen molar-refractivity contribution in [2.75, 3.05) is 33.0 Å². The van der Waals surface area contributed by atoms with Gasteiger partial charge in [0.1, 0.15) is 0 Å². The first kappa shape index (κ1) is 25.3. The van der Waals surface area contributed by atoms with Crippen LogP contribution in [0.25, 0.3) is 0 Å². The number of nitrogens with one attached hydrogen (secondary N) is 1. The van der Waals surface area contributed by atoms with Gasteiger partial charge in [-0.05, 0) is 26.7 Å². The van der Waals surface area contributed by atoms with Crippen molar-refractivity contribution < 1.29 is 15.7 Å². The third kappa shape index (κ3) is 14.1. The van der Waals surface area contributed by atoms with Gasteiger partial charge >= 0.3 is 0 Å². The van der Waals surface area contributed by atoms with E-state index in [9.17, 15) is 4.79 Å².